The summed E-state index contributed by atoms with van der Waals surface area (Å²) in [5.74, 6) is 1.75. The van der Waals surface area contributed by atoms with Crippen LogP contribution in [0, 0.1) is 5.92 Å². The van der Waals surface area contributed by atoms with Gasteiger partial charge in [-0.1, -0.05) is 25.3 Å². The van der Waals surface area contributed by atoms with Crippen LogP contribution in [0.15, 0.2) is 24.3 Å². The summed E-state index contributed by atoms with van der Waals surface area (Å²) < 4.78 is 5.94. The maximum Gasteiger partial charge on any atom is 0.121 e. The van der Waals surface area contributed by atoms with Gasteiger partial charge in [-0.2, -0.15) is 0 Å². The van der Waals surface area contributed by atoms with Crippen LogP contribution >= 0.6 is 0 Å². The summed E-state index contributed by atoms with van der Waals surface area (Å²) >= 11 is 0. The SMILES string of the molecule is CNCCNc1cccc(OCC2CCCCC2)c1. The summed E-state index contributed by atoms with van der Waals surface area (Å²) in [4.78, 5) is 0. The Morgan fingerprint density at radius 1 is 1.16 bits per heavy atom. The van der Waals surface area contributed by atoms with Crippen LogP contribution in [-0.2, 0) is 0 Å². The van der Waals surface area contributed by atoms with Gasteiger partial charge in [0.05, 0.1) is 6.61 Å². The van der Waals surface area contributed by atoms with E-state index in [1.54, 1.807) is 0 Å². The Morgan fingerprint density at radius 2 is 2.00 bits per heavy atom. The van der Waals surface area contributed by atoms with E-state index < -0.39 is 0 Å². The second-order valence-electron chi connectivity index (χ2n) is 5.37. The molecule has 0 radical (unpaired) electrons. The lowest BCUT2D eigenvalue weighted by atomic mass is 9.90. The van der Waals surface area contributed by atoms with E-state index in [4.69, 9.17) is 4.74 Å². The lowest BCUT2D eigenvalue weighted by Gasteiger charge is -2.21. The van der Waals surface area contributed by atoms with Crippen LogP contribution in [0.1, 0.15) is 32.1 Å². The van der Waals surface area contributed by atoms with Gasteiger partial charge < -0.3 is 15.4 Å². The zero-order valence-electron chi connectivity index (χ0n) is 12.0. The van der Waals surface area contributed by atoms with Crippen molar-refractivity contribution in [1.29, 1.82) is 0 Å². The van der Waals surface area contributed by atoms with Crippen molar-refractivity contribution >= 4 is 5.69 Å². The van der Waals surface area contributed by atoms with Crippen molar-refractivity contribution in [3.8, 4) is 5.75 Å². The molecule has 0 spiro atoms. The van der Waals surface area contributed by atoms with E-state index >= 15 is 0 Å². The van der Waals surface area contributed by atoms with Crippen molar-refractivity contribution in [3.05, 3.63) is 24.3 Å². The second-order valence-corrected chi connectivity index (χ2v) is 5.37. The van der Waals surface area contributed by atoms with Crippen LogP contribution in [0.5, 0.6) is 5.75 Å². The monoisotopic (exact) mass is 262 g/mol. The van der Waals surface area contributed by atoms with Gasteiger partial charge in [0.15, 0.2) is 0 Å². The number of hydrogen-bond acceptors (Lipinski definition) is 3. The van der Waals surface area contributed by atoms with Gasteiger partial charge in [0.25, 0.3) is 0 Å². The average Bonchev–Trinajstić information content (AvgIpc) is 2.47. The van der Waals surface area contributed by atoms with E-state index in [-0.39, 0.29) is 0 Å². The number of nitrogens with one attached hydrogen (secondary N) is 2. The van der Waals surface area contributed by atoms with Crippen molar-refractivity contribution in [2.45, 2.75) is 32.1 Å². The van der Waals surface area contributed by atoms with Crippen LogP contribution < -0.4 is 15.4 Å². The molecule has 19 heavy (non-hydrogen) atoms. The van der Waals surface area contributed by atoms with E-state index in [1.165, 1.54) is 32.1 Å². The van der Waals surface area contributed by atoms with Crippen LogP contribution in [0.3, 0.4) is 0 Å². The lowest BCUT2D eigenvalue weighted by molar-refractivity contribution is 0.209. The molecule has 2 rings (SSSR count). The highest BCUT2D eigenvalue weighted by Gasteiger charge is 2.13. The van der Waals surface area contributed by atoms with Crippen molar-refractivity contribution < 1.29 is 4.74 Å². The second kappa shape index (κ2) is 8.05. The highest BCUT2D eigenvalue weighted by atomic mass is 16.5. The third-order valence-electron chi connectivity index (χ3n) is 3.75. The first kappa shape index (κ1) is 14.2. The Kier molecular flexibility index (Phi) is 6.02. The third kappa shape index (κ3) is 5.11. The molecule has 0 amide bonds. The number of likely N-dealkylation sites (N-methyl/N-ethyl adjacent to an activating group) is 1. The van der Waals surface area contributed by atoms with Crippen LogP contribution in [0.25, 0.3) is 0 Å². The zero-order chi connectivity index (χ0) is 13.3. The van der Waals surface area contributed by atoms with E-state index in [2.05, 4.69) is 28.8 Å². The molecule has 0 heterocycles. The summed E-state index contributed by atoms with van der Waals surface area (Å²) in [6.07, 6.45) is 6.82. The number of rotatable bonds is 7. The number of ether oxygens (including phenoxy) is 1. The Balaban J connectivity index is 1.77. The Bertz CT molecular complexity index is 362. The fourth-order valence-electron chi connectivity index (χ4n) is 2.60. The standard InChI is InChI=1S/C16H26N2O/c1-17-10-11-18-15-8-5-9-16(12-15)19-13-14-6-3-2-4-7-14/h5,8-9,12,14,17-18H,2-4,6-7,10-11,13H2,1H3. The van der Waals surface area contributed by atoms with Gasteiger partial charge in [0, 0.05) is 24.8 Å². The first-order valence-electron chi connectivity index (χ1n) is 7.50. The number of hydrogen-bond donors (Lipinski definition) is 2. The predicted octanol–water partition coefficient (Wildman–Crippen LogP) is 3.28. The summed E-state index contributed by atoms with van der Waals surface area (Å²) in [7, 11) is 1.96. The average molecular weight is 262 g/mol. The molecule has 0 aliphatic heterocycles. The number of anilines is 1. The summed E-state index contributed by atoms with van der Waals surface area (Å²) in [6.45, 7) is 2.77. The molecule has 1 saturated carbocycles. The molecular weight excluding hydrogens is 236 g/mol. The summed E-state index contributed by atoms with van der Waals surface area (Å²) in [5.41, 5.74) is 1.14. The molecule has 1 fully saturated rings. The molecule has 0 unspecified atom stereocenters. The van der Waals surface area contributed by atoms with Crippen LogP contribution in [0.4, 0.5) is 5.69 Å². The molecule has 0 aromatic heterocycles. The van der Waals surface area contributed by atoms with E-state index in [0.717, 1.165) is 37.1 Å². The predicted molar refractivity (Wildman–Crippen MR) is 80.9 cm³/mol. The number of benzene rings is 1. The minimum atomic E-state index is 0.759. The smallest absolute Gasteiger partial charge is 0.121 e. The van der Waals surface area contributed by atoms with Gasteiger partial charge in [-0.15, -0.1) is 0 Å². The molecule has 106 valence electrons. The van der Waals surface area contributed by atoms with Crippen molar-refractivity contribution in [3.63, 3.8) is 0 Å². The summed E-state index contributed by atoms with van der Waals surface area (Å²) in [5, 5.41) is 6.51. The molecule has 1 aromatic rings. The molecule has 3 heteroatoms. The van der Waals surface area contributed by atoms with Crippen LogP contribution in [0.2, 0.25) is 0 Å². The maximum absolute atomic E-state index is 5.94. The lowest BCUT2D eigenvalue weighted by Crippen LogP contribution is -2.18. The van der Waals surface area contributed by atoms with Gasteiger partial charge in [0.1, 0.15) is 5.75 Å². The molecule has 0 bridgehead atoms. The van der Waals surface area contributed by atoms with Crippen LogP contribution in [-0.4, -0.2) is 26.7 Å². The fourth-order valence-corrected chi connectivity index (χ4v) is 2.60. The first-order valence-corrected chi connectivity index (χ1v) is 7.50. The van der Waals surface area contributed by atoms with Gasteiger partial charge >= 0.3 is 0 Å². The fraction of sp³-hybridized carbons (Fsp3) is 0.625. The maximum atomic E-state index is 5.94. The van der Waals surface area contributed by atoms with E-state index in [9.17, 15) is 0 Å². The third-order valence-corrected chi connectivity index (χ3v) is 3.75. The van der Waals surface area contributed by atoms with Gasteiger partial charge in [0.2, 0.25) is 0 Å². The minimum Gasteiger partial charge on any atom is -0.493 e. The largest absolute Gasteiger partial charge is 0.493 e. The molecular formula is C16H26N2O. The molecule has 0 saturated heterocycles. The highest BCUT2D eigenvalue weighted by molar-refractivity contribution is 5.48. The topological polar surface area (TPSA) is 33.3 Å². The minimum absolute atomic E-state index is 0.759. The first-order chi connectivity index (χ1) is 9.38. The highest BCUT2D eigenvalue weighted by Crippen LogP contribution is 2.25. The van der Waals surface area contributed by atoms with Crippen molar-refractivity contribution in [2.24, 2.45) is 5.92 Å². The Labute approximate surface area is 116 Å². The molecule has 0 atom stereocenters. The molecule has 2 N–H and O–H groups in total. The Hall–Kier alpha value is -1.22. The van der Waals surface area contributed by atoms with E-state index in [0.29, 0.717) is 0 Å². The zero-order valence-corrected chi connectivity index (χ0v) is 12.0. The van der Waals surface area contributed by atoms with Gasteiger partial charge in [-0.05, 0) is 37.9 Å². The summed E-state index contributed by atoms with van der Waals surface area (Å²) in [6, 6.07) is 8.28. The molecule has 1 aliphatic carbocycles. The van der Waals surface area contributed by atoms with Crippen molar-refractivity contribution in [1.82, 2.24) is 5.32 Å². The molecule has 1 aromatic carbocycles. The molecule has 1 aliphatic rings. The van der Waals surface area contributed by atoms with E-state index in [1.807, 2.05) is 13.1 Å². The quantitative estimate of drug-likeness (QED) is 0.740. The van der Waals surface area contributed by atoms with Crippen molar-refractivity contribution in [2.75, 3.05) is 32.1 Å². The molecule has 3 nitrogen and oxygen atoms in total. The van der Waals surface area contributed by atoms with Gasteiger partial charge in [-0.25, -0.2) is 0 Å². The normalized spacial score (nSPS) is 16.3. The Morgan fingerprint density at radius 3 is 2.79 bits per heavy atom. The van der Waals surface area contributed by atoms with Gasteiger partial charge in [-0.3, -0.25) is 0 Å².